The molecule has 0 aromatic carbocycles. The summed E-state index contributed by atoms with van der Waals surface area (Å²) in [6.45, 7) is 1.08. The van der Waals surface area contributed by atoms with Crippen LogP contribution >= 0.6 is 0 Å². The van der Waals surface area contributed by atoms with E-state index in [2.05, 4.69) is 12.2 Å². The average molecular weight is 186 g/mol. The molecule has 1 atom stereocenters. The molecule has 1 unspecified atom stereocenters. The van der Waals surface area contributed by atoms with E-state index in [0.29, 0.717) is 0 Å². The van der Waals surface area contributed by atoms with Crippen LogP contribution in [-0.2, 0) is 4.79 Å². The summed E-state index contributed by atoms with van der Waals surface area (Å²) in [5.41, 5.74) is 0. The summed E-state index contributed by atoms with van der Waals surface area (Å²) in [4.78, 5) is 9.00. The number of hydrogen-bond donors (Lipinski definition) is 2. The molecule has 76 valence electrons. The molecule has 3 nitrogen and oxygen atoms in total. The fourth-order valence-electron chi connectivity index (χ4n) is 1.13. The molecule has 1 aliphatic rings. The molecule has 0 aromatic rings. The molecular weight excluding hydrogens is 168 g/mol. The van der Waals surface area contributed by atoms with Crippen LogP contribution in [0.5, 0.6) is 0 Å². The maximum Gasteiger partial charge on any atom is 0.300 e. The van der Waals surface area contributed by atoms with Crippen LogP contribution in [0, 0.1) is 0 Å². The Labute approximate surface area is 79.1 Å². The highest BCUT2D eigenvalue weighted by atomic mass is 16.4. The van der Waals surface area contributed by atoms with Gasteiger partial charge in [0.25, 0.3) is 5.97 Å². The van der Waals surface area contributed by atoms with Gasteiger partial charge >= 0.3 is 0 Å². The Hall–Kier alpha value is -0.830. The Balaban J connectivity index is 0.000000310. The van der Waals surface area contributed by atoms with Gasteiger partial charge in [0.15, 0.2) is 0 Å². The molecule has 13 heavy (non-hydrogen) atoms. The van der Waals surface area contributed by atoms with Gasteiger partial charge in [-0.05, 0) is 25.7 Å². The number of aliphatic hydroxyl groups excluding tert-OH is 1. The van der Waals surface area contributed by atoms with Crippen molar-refractivity contribution in [1.29, 1.82) is 0 Å². The molecule has 0 amide bonds. The van der Waals surface area contributed by atoms with Gasteiger partial charge in [0.1, 0.15) is 0 Å². The zero-order valence-electron chi connectivity index (χ0n) is 8.07. The van der Waals surface area contributed by atoms with E-state index in [-0.39, 0.29) is 6.10 Å². The van der Waals surface area contributed by atoms with Crippen LogP contribution in [0.4, 0.5) is 0 Å². The lowest BCUT2D eigenvalue weighted by atomic mass is 10.0. The van der Waals surface area contributed by atoms with Gasteiger partial charge in [-0.3, -0.25) is 4.79 Å². The number of rotatable bonds is 0. The third-order valence-corrected chi connectivity index (χ3v) is 1.73. The van der Waals surface area contributed by atoms with Gasteiger partial charge < -0.3 is 10.2 Å². The van der Waals surface area contributed by atoms with Crippen LogP contribution in [0.25, 0.3) is 0 Å². The number of hydrogen-bond acceptors (Lipinski definition) is 2. The van der Waals surface area contributed by atoms with Crippen molar-refractivity contribution in [2.24, 2.45) is 0 Å². The van der Waals surface area contributed by atoms with Crippen LogP contribution in [-0.4, -0.2) is 22.3 Å². The molecule has 0 radical (unpaired) electrons. The lowest BCUT2D eigenvalue weighted by molar-refractivity contribution is -0.134. The second kappa shape index (κ2) is 7.80. The van der Waals surface area contributed by atoms with E-state index in [1.807, 2.05) is 0 Å². The quantitative estimate of drug-likeness (QED) is 0.568. The molecule has 0 fully saturated rings. The first-order chi connectivity index (χ1) is 6.13. The van der Waals surface area contributed by atoms with Gasteiger partial charge in [0.05, 0.1) is 6.10 Å². The summed E-state index contributed by atoms with van der Waals surface area (Å²) >= 11 is 0. The van der Waals surface area contributed by atoms with Crippen molar-refractivity contribution >= 4 is 5.97 Å². The van der Waals surface area contributed by atoms with Crippen molar-refractivity contribution < 1.29 is 15.0 Å². The lowest BCUT2D eigenvalue weighted by Gasteiger charge is -2.08. The highest BCUT2D eigenvalue weighted by molar-refractivity contribution is 5.62. The standard InChI is InChI=1S/C8H14O.C2H4O2/c9-8-6-4-2-1-3-5-7-8;1-2(3)4/h2,4,8-9H,1,3,5-7H2;1H3,(H,3,4). The summed E-state index contributed by atoms with van der Waals surface area (Å²) in [5, 5.41) is 16.6. The molecule has 2 N–H and O–H groups in total. The Morgan fingerprint density at radius 2 is 2.00 bits per heavy atom. The van der Waals surface area contributed by atoms with E-state index in [1.54, 1.807) is 0 Å². The highest BCUT2D eigenvalue weighted by Crippen LogP contribution is 2.10. The minimum Gasteiger partial charge on any atom is -0.481 e. The SMILES string of the molecule is CC(=O)O.OC1CC=CCCCC1. The topological polar surface area (TPSA) is 57.5 Å². The van der Waals surface area contributed by atoms with Crippen LogP contribution in [0.1, 0.15) is 39.0 Å². The Morgan fingerprint density at radius 3 is 2.62 bits per heavy atom. The fraction of sp³-hybridized carbons (Fsp3) is 0.700. The Bertz CT molecular complexity index is 160. The highest BCUT2D eigenvalue weighted by Gasteiger charge is 2.02. The first-order valence-electron chi connectivity index (χ1n) is 4.65. The van der Waals surface area contributed by atoms with Gasteiger partial charge in [-0.1, -0.05) is 18.6 Å². The molecule has 0 saturated heterocycles. The van der Waals surface area contributed by atoms with Crippen LogP contribution < -0.4 is 0 Å². The van der Waals surface area contributed by atoms with E-state index in [9.17, 15) is 0 Å². The molecule has 0 aliphatic heterocycles. The lowest BCUT2D eigenvalue weighted by Crippen LogP contribution is -2.05. The van der Waals surface area contributed by atoms with Gasteiger partial charge in [-0.25, -0.2) is 0 Å². The first kappa shape index (κ1) is 12.2. The predicted molar refractivity (Wildman–Crippen MR) is 51.5 cm³/mol. The molecule has 0 saturated carbocycles. The number of aliphatic hydroxyl groups is 1. The number of allylic oxidation sites excluding steroid dienone is 1. The minimum atomic E-state index is -0.833. The average Bonchev–Trinajstić information content (AvgIpc) is 1.95. The smallest absolute Gasteiger partial charge is 0.300 e. The minimum absolute atomic E-state index is 0.0680. The van der Waals surface area contributed by atoms with Crippen molar-refractivity contribution in [3.8, 4) is 0 Å². The zero-order chi connectivity index (χ0) is 10.1. The largest absolute Gasteiger partial charge is 0.481 e. The number of carbonyl (C=O) groups is 1. The molecular formula is C10H18O3. The maximum atomic E-state index is 9.16. The van der Waals surface area contributed by atoms with Crippen molar-refractivity contribution in [3.05, 3.63) is 12.2 Å². The maximum absolute atomic E-state index is 9.16. The summed E-state index contributed by atoms with van der Waals surface area (Å²) < 4.78 is 0. The van der Waals surface area contributed by atoms with E-state index in [0.717, 1.165) is 19.8 Å². The fourth-order valence-corrected chi connectivity index (χ4v) is 1.13. The van der Waals surface area contributed by atoms with Gasteiger partial charge in [-0.15, -0.1) is 0 Å². The van der Waals surface area contributed by atoms with E-state index in [1.165, 1.54) is 19.3 Å². The predicted octanol–water partition coefficient (Wildman–Crippen LogP) is 1.96. The van der Waals surface area contributed by atoms with E-state index in [4.69, 9.17) is 15.0 Å². The Morgan fingerprint density at radius 1 is 1.38 bits per heavy atom. The summed E-state index contributed by atoms with van der Waals surface area (Å²) in [5.74, 6) is -0.833. The second-order valence-corrected chi connectivity index (χ2v) is 3.16. The van der Waals surface area contributed by atoms with Crippen LogP contribution in [0.3, 0.4) is 0 Å². The summed E-state index contributed by atoms with van der Waals surface area (Å²) in [7, 11) is 0. The summed E-state index contributed by atoms with van der Waals surface area (Å²) in [6, 6.07) is 0. The van der Waals surface area contributed by atoms with Gasteiger partial charge in [0.2, 0.25) is 0 Å². The molecule has 0 aromatic heterocycles. The van der Waals surface area contributed by atoms with Gasteiger partial charge in [-0.2, -0.15) is 0 Å². The molecule has 1 aliphatic carbocycles. The summed E-state index contributed by atoms with van der Waals surface area (Å²) in [6.07, 6.45) is 9.67. The van der Waals surface area contributed by atoms with Crippen molar-refractivity contribution in [3.63, 3.8) is 0 Å². The molecule has 1 rings (SSSR count). The van der Waals surface area contributed by atoms with Crippen molar-refractivity contribution in [2.45, 2.75) is 45.1 Å². The van der Waals surface area contributed by atoms with Crippen LogP contribution in [0.15, 0.2) is 12.2 Å². The molecule has 0 spiro atoms. The molecule has 3 heteroatoms. The number of carboxylic acids is 1. The monoisotopic (exact) mass is 186 g/mol. The number of carboxylic acid groups (broad SMARTS) is 1. The number of aliphatic carboxylic acids is 1. The zero-order valence-corrected chi connectivity index (χ0v) is 8.07. The second-order valence-electron chi connectivity index (χ2n) is 3.16. The third kappa shape index (κ3) is 11.2. The van der Waals surface area contributed by atoms with E-state index >= 15 is 0 Å². The third-order valence-electron chi connectivity index (χ3n) is 1.73. The first-order valence-corrected chi connectivity index (χ1v) is 4.65. The molecule has 0 bridgehead atoms. The van der Waals surface area contributed by atoms with Crippen molar-refractivity contribution in [1.82, 2.24) is 0 Å². The molecule has 0 heterocycles. The Kier molecular flexibility index (Phi) is 7.30. The van der Waals surface area contributed by atoms with Crippen molar-refractivity contribution in [2.75, 3.05) is 0 Å². The van der Waals surface area contributed by atoms with E-state index < -0.39 is 5.97 Å². The normalized spacial score (nSPS) is 22.2. The van der Waals surface area contributed by atoms with Gasteiger partial charge in [0, 0.05) is 6.92 Å². The van der Waals surface area contributed by atoms with Crippen LogP contribution in [0.2, 0.25) is 0 Å².